The van der Waals surface area contributed by atoms with Crippen molar-refractivity contribution in [2.45, 2.75) is 0 Å². The molecule has 266 valence electrons. The van der Waals surface area contributed by atoms with Crippen LogP contribution in [0.2, 0.25) is 0 Å². The minimum atomic E-state index is 0.553. The van der Waals surface area contributed by atoms with Gasteiger partial charge in [-0.1, -0.05) is 182 Å². The smallest absolute Gasteiger partial charge is 0.167 e. The van der Waals surface area contributed by atoms with E-state index in [0.717, 1.165) is 71.7 Å². The van der Waals surface area contributed by atoms with Crippen LogP contribution >= 0.6 is 0 Å². The Morgan fingerprint density at radius 1 is 0.298 bits per heavy atom. The van der Waals surface area contributed by atoms with Crippen molar-refractivity contribution in [2.24, 2.45) is 0 Å². The number of hydrogen-bond donors (Lipinski definition) is 0. The zero-order valence-electron chi connectivity index (χ0n) is 30.8. The molecule has 11 rings (SSSR count). The molecule has 4 nitrogen and oxygen atoms in total. The van der Waals surface area contributed by atoms with Crippen LogP contribution in [0.4, 0.5) is 0 Å². The van der Waals surface area contributed by atoms with E-state index in [4.69, 9.17) is 19.4 Å². The number of hydrogen-bond acceptors (Lipinski definition) is 4. The summed E-state index contributed by atoms with van der Waals surface area (Å²) in [5, 5.41) is 6.64. The van der Waals surface area contributed by atoms with Crippen LogP contribution in [0.3, 0.4) is 0 Å². The molecule has 0 bridgehead atoms. The van der Waals surface area contributed by atoms with Gasteiger partial charge in [-0.2, -0.15) is 0 Å². The Hall–Kier alpha value is -7.69. The number of furan rings is 1. The van der Waals surface area contributed by atoms with Crippen LogP contribution in [0.5, 0.6) is 0 Å². The van der Waals surface area contributed by atoms with Crippen molar-refractivity contribution in [3.05, 3.63) is 200 Å². The average Bonchev–Trinajstić information content (AvgIpc) is 3.68. The van der Waals surface area contributed by atoms with Crippen molar-refractivity contribution in [2.75, 3.05) is 0 Å². The van der Waals surface area contributed by atoms with Crippen LogP contribution < -0.4 is 0 Å². The predicted octanol–water partition coefficient (Wildman–Crippen LogP) is 14.1. The molecule has 0 atom stereocenters. The van der Waals surface area contributed by atoms with Gasteiger partial charge in [-0.3, -0.25) is 0 Å². The predicted molar refractivity (Wildman–Crippen MR) is 235 cm³/mol. The topological polar surface area (TPSA) is 51.8 Å². The van der Waals surface area contributed by atoms with Gasteiger partial charge in [0.1, 0.15) is 11.2 Å². The second-order valence-corrected chi connectivity index (χ2v) is 14.4. The molecule has 0 radical (unpaired) electrons. The maximum atomic E-state index is 6.53. The van der Waals surface area contributed by atoms with E-state index < -0.39 is 0 Å². The Bertz CT molecular complexity index is 3280. The van der Waals surface area contributed by atoms with E-state index in [-0.39, 0.29) is 0 Å². The summed E-state index contributed by atoms with van der Waals surface area (Å²) < 4.78 is 6.53. The SMILES string of the molecule is c1ccc(-c2ccc(-c3ccc(-c4nc(-c5c(-c6ccc7ccccc7c6)ccc6ccccc56)nc(-c5cccc6c5oc5ccccc56)n4)cc3)cc2)cc1. The molecule has 57 heavy (non-hydrogen) atoms. The van der Waals surface area contributed by atoms with Crippen LogP contribution in [0.1, 0.15) is 0 Å². The summed E-state index contributed by atoms with van der Waals surface area (Å²) in [5.74, 6) is 1.74. The molecular formula is C53H33N3O. The van der Waals surface area contributed by atoms with Crippen LogP contribution in [-0.2, 0) is 0 Å². The number of aromatic nitrogens is 3. The molecule has 0 amide bonds. The van der Waals surface area contributed by atoms with Gasteiger partial charge in [0.15, 0.2) is 17.5 Å². The molecule has 0 saturated heterocycles. The molecule has 2 heterocycles. The summed E-state index contributed by atoms with van der Waals surface area (Å²) in [6, 6.07) is 70.0. The van der Waals surface area contributed by atoms with Gasteiger partial charge in [-0.15, -0.1) is 0 Å². The van der Waals surface area contributed by atoms with Crippen LogP contribution in [0.25, 0.3) is 111 Å². The molecule has 11 aromatic rings. The van der Waals surface area contributed by atoms with E-state index in [1.54, 1.807) is 0 Å². The van der Waals surface area contributed by atoms with Crippen molar-refractivity contribution in [1.29, 1.82) is 0 Å². The molecule has 0 aliphatic carbocycles. The molecule has 0 aliphatic heterocycles. The molecule has 0 fully saturated rings. The number of para-hydroxylation sites is 2. The fourth-order valence-corrected chi connectivity index (χ4v) is 8.07. The van der Waals surface area contributed by atoms with Gasteiger partial charge >= 0.3 is 0 Å². The maximum Gasteiger partial charge on any atom is 0.167 e. The molecule has 0 saturated carbocycles. The zero-order chi connectivity index (χ0) is 37.7. The standard InChI is InChI=1S/C53H33N3O/c1-2-11-34(12-3-1)36-21-23-37(24-22-36)38-25-28-40(29-26-38)51-54-52(47-19-10-18-46-45-17-8-9-20-48(45)57-50(46)47)56-53(55-51)49-43-16-7-6-14-39(43)31-32-44(49)42-30-27-35-13-4-5-15-41(35)33-42/h1-33H. The lowest BCUT2D eigenvalue weighted by Gasteiger charge is -2.15. The lowest BCUT2D eigenvalue weighted by atomic mass is 9.92. The Kier molecular flexibility index (Phi) is 7.78. The summed E-state index contributed by atoms with van der Waals surface area (Å²) in [6.07, 6.45) is 0. The van der Waals surface area contributed by atoms with Crippen molar-refractivity contribution >= 4 is 43.5 Å². The molecule has 0 unspecified atom stereocenters. The Labute approximate surface area is 329 Å². The maximum absolute atomic E-state index is 6.53. The fourth-order valence-electron chi connectivity index (χ4n) is 8.07. The number of benzene rings is 9. The molecule has 2 aromatic heterocycles. The third kappa shape index (κ3) is 5.83. The fraction of sp³-hybridized carbons (Fsp3) is 0. The van der Waals surface area contributed by atoms with Gasteiger partial charge < -0.3 is 4.42 Å². The first-order chi connectivity index (χ1) is 28.2. The number of rotatable bonds is 6. The van der Waals surface area contributed by atoms with Crippen LogP contribution in [0, 0.1) is 0 Å². The van der Waals surface area contributed by atoms with Gasteiger partial charge in [0, 0.05) is 21.9 Å². The molecule has 4 heteroatoms. The lowest BCUT2D eigenvalue weighted by molar-refractivity contribution is 0.669. The highest BCUT2D eigenvalue weighted by molar-refractivity contribution is 6.09. The Morgan fingerprint density at radius 2 is 0.842 bits per heavy atom. The minimum Gasteiger partial charge on any atom is -0.455 e. The summed E-state index contributed by atoms with van der Waals surface area (Å²) >= 11 is 0. The molecular weight excluding hydrogens is 695 g/mol. The van der Waals surface area contributed by atoms with E-state index in [1.807, 2.05) is 30.3 Å². The van der Waals surface area contributed by atoms with E-state index in [0.29, 0.717) is 17.5 Å². The third-order valence-electron chi connectivity index (χ3n) is 11.0. The highest BCUT2D eigenvalue weighted by Gasteiger charge is 2.21. The lowest BCUT2D eigenvalue weighted by Crippen LogP contribution is -2.02. The Morgan fingerprint density at radius 3 is 1.61 bits per heavy atom. The van der Waals surface area contributed by atoms with Gasteiger partial charge in [0.2, 0.25) is 0 Å². The van der Waals surface area contributed by atoms with Crippen LogP contribution in [-0.4, -0.2) is 15.0 Å². The molecule has 0 spiro atoms. The zero-order valence-corrected chi connectivity index (χ0v) is 30.8. The highest BCUT2D eigenvalue weighted by atomic mass is 16.3. The highest BCUT2D eigenvalue weighted by Crippen LogP contribution is 2.41. The quantitative estimate of drug-likeness (QED) is 0.171. The van der Waals surface area contributed by atoms with E-state index >= 15 is 0 Å². The minimum absolute atomic E-state index is 0.553. The van der Waals surface area contributed by atoms with E-state index in [1.165, 1.54) is 21.9 Å². The van der Waals surface area contributed by atoms with Crippen molar-refractivity contribution in [3.63, 3.8) is 0 Å². The second-order valence-electron chi connectivity index (χ2n) is 14.4. The van der Waals surface area contributed by atoms with Crippen molar-refractivity contribution in [1.82, 2.24) is 15.0 Å². The molecule has 9 aromatic carbocycles. The Balaban J connectivity index is 1.10. The van der Waals surface area contributed by atoms with Gasteiger partial charge in [-0.05, 0) is 73.1 Å². The number of nitrogens with zero attached hydrogens (tertiary/aromatic N) is 3. The van der Waals surface area contributed by atoms with Gasteiger partial charge in [0.25, 0.3) is 0 Å². The second kappa shape index (κ2) is 13.6. The monoisotopic (exact) mass is 727 g/mol. The first-order valence-electron chi connectivity index (χ1n) is 19.2. The van der Waals surface area contributed by atoms with Gasteiger partial charge in [0.05, 0.1) is 5.56 Å². The van der Waals surface area contributed by atoms with E-state index in [2.05, 4.69) is 170 Å². The first kappa shape index (κ1) is 32.7. The third-order valence-corrected chi connectivity index (χ3v) is 11.0. The summed E-state index contributed by atoms with van der Waals surface area (Å²) in [7, 11) is 0. The summed E-state index contributed by atoms with van der Waals surface area (Å²) in [6.45, 7) is 0. The molecule has 0 aliphatic rings. The van der Waals surface area contributed by atoms with Gasteiger partial charge in [-0.25, -0.2) is 15.0 Å². The summed E-state index contributed by atoms with van der Waals surface area (Å²) in [5.41, 5.74) is 11.1. The van der Waals surface area contributed by atoms with E-state index in [9.17, 15) is 0 Å². The average molecular weight is 728 g/mol. The summed E-state index contributed by atoms with van der Waals surface area (Å²) in [4.78, 5) is 15.9. The first-order valence-corrected chi connectivity index (χ1v) is 19.2. The largest absolute Gasteiger partial charge is 0.455 e. The number of fused-ring (bicyclic) bond motifs is 5. The molecule has 0 N–H and O–H groups in total. The van der Waals surface area contributed by atoms with Crippen molar-refractivity contribution in [3.8, 4) is 67.5 Å². The normalized spacial score (nSPS) is 11.5. The van der Waals surface area contributed by atoms with Crippen molar-refractivity contribution < 1.29 is 4.42 Å². The van der Waals surface area contributed by atoms with Crippen LogP contribution in [0.15, 0.2) is 205 Å².